The molecule has 0 unspecified atom stereocenters. The van der Waals surface area contributed by atoms with Gasteiger partial charge < -0.3 is 19.4 Å². The third-order valence-corrected chi connectivity index (χ3v) is 4.94. The molecule has 0 saturated carbocycles. The van der Waals surface area contributed by atoms with E-state index in [2.05, 4.69) is 20.5 Å². The van der Waals surface area contributed by atoms with Crippen LogP contribution in [0.3, 0.4) is 0 Å². The van der Waals surface area contributed by atoms with E-state index in [0.29, 0.717) is 43.0 Å². The summed E-state index contributed by atoms with van der Waals surface area (Å²) in [5.74, 6) is 0.826. The molecule has 1 aliphatic heterocycles. The summed E-state index contributed by atoms with van der Waals surface area (Å²) in [6.45, 7) is 1.37. The number of morpholine rings is 1. The van der Waals surface area contributed by atoms with E-state index < -0.39 is 0 Å². The fourth-order valence-corrected chi connectivity index (χ4v) is 3.40. The van der Waals surface area contributed by atoms with E-state index >= 15 is 0 Å². The van der Waals surface area contributed by atoms with Crippen LogP contribution in [0.1, 0.15) is 12.8 Å². The van der Waals surface area contributed by atoms with Crippen molar-refractivity contribution in [3.63, 3.8) is 0 Å². The molecule has 1 aliphatic rings. The lowest BCUT2D eigenvalue weighted by molar-refractivity contribution is -0.141. The molecule has 27 heavy (non-hydrogen) atoms. The number of pyridine rings is 1. The van der Waals surface area contributed by atoms with Crippen LogP contribution in [0.2, 0.25) is 0 Å². The van der Waals surface area contributed by atoms with Crippen LogP contribution in [0, 0.1) is 0 Å². The second-order valence-electron chi connectivity index (χ2n) is 5.90. The highest BCUT2D eigenvalue weighted by molar-refractivity contribution is 7.99. The van der Waals surface area contributed by atoms with Crippen LogP contribution >= 0.6 is 11.8 Å². The van der Waals surface area contributed by atoms with Crippen molar-refractivity contribution < 1.29 is 18.7 Å². The molecular formula is C17H21N5O4S. The van der Waals surface area contributed by atoms with Crippen molar-refractivity contribution in [1.29, 1.82) is 0 Å². The minimum Gasteiger partial charge on any atom is -0.411 e. The Kier molecular flexibility index (Phi) is 6.77. The van der Waals surface area contributed by atoms with Crippen molar-refractivity contribution in [1.82, 2.24) is 25.4 Å². The molecule has 10 heteroatoms. The highest BCUT2D eigenvalue weighted by atomic mass is 32.2. The van der Waals surface area contributed by atoms with Crippen LogP contribution in [-0.4, -0.2) is 70.5 Å². The lowest BCUT2D eigenvalue weighted by Gasteiger charge is -2.35. The van der Waals surface area contributed by atoms with Gasteiger partial charge in [-0.2, -0.15) is 0 Å². The van der Waals surface area contributed by atoms with Crippen LogP contribution in [0.15, 0.2) is 34.2 Å². The first-order valence-electron chi connectivity index (χ1n) is 8.62. The van der Waals surface area contributed by atoms with Gasteiger partial charge in [-0.1, -0.05) is 11.8 Å². The van der Waals surface area contributed by atoms with Gasteiger partial charge in [-0.15, -0.1) is 10.2 Å². The first-order chi connectivity index (χ1) is 13.2. The molecule has 3 heterocycles. The zero-order valence-corrected chi connectivity index (χ0v) is 15.8. The van der Waals surface area contributed by atoms with Crippen molar-refractivity contribution in [2.24, 2.45) is 0 Å². The van der Waals surface area contributed by atoms with Gasteiger partial charge in [0.05, 0.1) is 19.3 Å². The minimum absolute atomic E-state index is 0.00595. The number of carbonyl (C=O) groups is 2. The molecule has 3 rings (SSSR count). The number of ether oxygens (including phenoxy) is 1. The van der Waals surface area contributed by atoms with Crippen LogP contribution in [0.4, 0.5) is 0 Å². The number of rotatable bonds is 7. The number of hydrogen-bond donors (Lipinski definition) is 1. The maximum absolute atomic E-state index is 12.5. The van der Waals surface area contributed by atoms with Gasteiger partial charge in [-0.05, 0) is 12.1 Å². The largest absolute Gasteiger partial charge is 0.411 e. The smallest absolute Gasteiger partial charge is 0.276 e. The molecule has 0 radical (unpaired) electrons. The van der Waals surface area contributed by atoms with E-state index in [4.69, 9.17) is 9.15 Å². The molecule has 0 aliphatic carbocycles. The quantitative estimate of drug-likeness (QED) is 0.696. The molecule has 1 N–H and O–H groups in total. The average molecular weight is 391 g/mol. The molecule has 2 aromatic rings. The summed E-state index contributed by atoms with van der Waals surface area (Å²) in [6.07, 6.45) is 3.88. The molecule has 1 saturated heterocycles. The van der Waals surface area contributed by atoms with Crippen molar-refractivity contribution in [2.75, 3.05) is 32.6 Å². The number of aromatic nitrogens is 3. The topological polar surface area (TPSA) is 110 Å². The normalized spacial score (nSPS) is 16.9. The number of thioether (sulfide) groups is 1. The Balaban J connectivity index is 1.50. The zero-order chi connectivity index (χ0) is 19.1. The summed E-state index contributed by atoms with van der Waals surface area (Å²) in [7, 11) is 1.58. The molecule has 1 atom stereocenters. The van der Waals surface area contributed by atoms with E-state index in [9.17, 15) is 9.59 Å². The Morgan fingerprint density at radius 2 is 2.15 bits per heavy atom. The molecule has 0 bridgehead atoms. The van der Waals surface area contributed by atoms with Crippen molar-refractivity contribution in [3.8, 4) is 11.5 Å². The standard InChI is InChI=1S/C17H21N5O4S/c1-18-14(23)10-13-11-25-8-7-22(13)15(24)4-9-27-17-21-20-16(26-17)12-2-5-19-6-3-12/h2-3,5-6,13H,4,7-11H2,1H3,(H,18,23)/t13-/m1/s1. The molecule has 0 aromatic carbocycles. The van der Waals surface area contributed by atoms with Crippen LogP contribution in [0.25, 0.3) is 11.5 Å². The van der Waals surface area contributed by atoms with Crippen molar-refractivity contribution in [2.45, 2.75) is 24.1 Å². The second-order valence-corrected chi connectivity index (χ2v) is 6.95. The Labute approximate surface area is 160 Å². The van der Waals surface area contributed by atoms with E-state index in [1.807, 2.05) is 0 Å². The van der Waals surface area contributed by atoms with E-state index in [-0.39, 0.29) is 24.3 Å². The summed E-state index contributed by atoms with van der Waals surface area (Å²) in [4.78, 5) is 29.9. The maximum Gasteiger partial charge on any atom is 0.276 e. The predicted octanol–water partition coefficient (Wildman–Crippen LogP) is 0.977. The SMILES string of the molecule is CNC(=O)C[C@@H]1COCCN1C(=O)CCSc1nnc(-c2ccncc2)o1. The number of nitrogens with zero attached hydrogens (tertiary/aromatic N) is 4. The fraction of sp³-hybridized carbons (Fsp3) is 0.471. The minimum atomic E-state index is -0.224. The highest BCUT2D eigenvalue weighted by Gasteiger charge is 2.28. The van der Waals surface area contributed by atoms with Gasteiger partial charge >= 0.3 is 0 Å². The van der Waals surface area contributed by atoms with Gasteiger partial charge in [0.25, 0.3) is 5.22 Å². The van der Waals surface area contributed by atoms with Crippen LogP contribution in [0.5, 0.6) is 0 Å². The van der Waals surface area contributed by atoms with E-state index in [1.54, 1.807) is 36.5 Å². The zero-order valence-electron chi connectivity index (χ0n) is 15.0. The fourth-order valence-electron chi connectivity index (χ4n) is 2.72. The Morgan fingerprint density at radius 1 is 1.33 bits per heavy atom. The van der Waals surface area contributed by atoms with Gasteiger partial charge in [-0.3, -0.25) is 14.6 Å². The number of hydrogen-bond acceptors (Lipinski definition) is 8. The molecule has 1 fully saturated rings. The van der Waals surface area contributed by atoms with E-state index in [0.717, 1.165) is 5.56 Å². The average Bonchev–Trinajstić information content (AvgIpc) is 3.18. The third kappa shape index (κ3) is 5.27. The lowest BCUT2D eigenvalue weighted by atomic mass is 10.1. The maximum atomic E-state index is 12.5. The number of carbonyl (C=O) groups excluding carboxylic acids is 2. The van der Waals surface area contributed by atoms with Gasteiger partial charge in [0, 0.05) is 50.1 Å². The van der Waals surface area contributed by atoms with E-state index in [1.165, 1.54) is 11.8 Å². The molecule has 2 aromatic heterocycles. The predicted molar refractivity (Wildman–Crippen MR) is 97.9 cm³/mol. The van der Waals surface area contributed by atoms with Gasteiger partial charge in [0.15, 0.2) is 0 Å². The number of nitrogens with one attached hydrogen (secondary N) is 1. The third-order valence-electron chi connectivity index (χ3n) is 4.12. The lowest BCUT2D eigenvalue weighted by Crippen LogP contribution is -2.50. The molecule has 2 amide bonds. The molecule has 0 spiro atoms. The van der Waals surface area contributed by atoms with Crippen LogP contribution < -0.4 is 5.32 Å². The summed E-state index contributed by atoms with van der Waals surface area (Å²) < 4.78 is 11.0. The summed E-state index contributed by atoms with van der Waals surface area (Å²) in [5, 5.41) is 11.0. The first kappa shape index (κ1) is 19.3. The van der Waals surface area contributed by atoms with Gasteiger partial charge in [0.2, 0.25) is 17.7 Å². The van der Waals surface area contributed by atoms with Crippen molar-refractivity contribution in [3.05, 3.63) is 24.5 Å². The van der Waals surface area contributed by atoms with Gasteiger partial charge in [-0.25, -0.2) is 0 Å². The summed E-state index contributed by atoms with van der Waals surface area (Å²) in [6, 6.07) is 3.35. The first-order valence-corrected chi connectivity index (χ1v) is 9.60. The van der Waals surface area contributed by atoms with Crippen molar-refractivity contribution >= 4 is 23.6 Å². The molecular weight excluding hydrogens is 370 g/mol. The number of amides is 2. The molecule has 9 nitrogen and oxygen atoms in total. The monoisotopic (exact) mass is 391 g/mol. The van der Waals surface area contributed by atoms with Crippen LogP contribution in [-0.2, 0) is 14.3 Å². The molecule has 144 valence electrons. The summed E-state index contributed by atoms with van der Waals surface area (Å²) >= 11 is 1.33. The Hall–Kier alpha value is -2.46. The summed E-state index contributed by atoms with van der Waals surface area (Å²) in [5.41, 5.74) is 0.797. The Bertz CT molecular complexity index is 770. The van der Waals surface area contributed by atoms with Gasteiger partial charge in [0.1, 0.15) is 0 Å². The second kappa shape index (κ2) is 9.47. The highest BCUT2D eigenvalue weighted by Crippen LogP contribution is 2.23. The Morgan fingerprint density at radius 3 is 2.93 bits per heavy atom.